The minimum absolute atomic E-state index is 0.0437. The smallest absolute Gasteiger partial charge is 0.311 e. The van der Waals surface area contributed by atoms with Crippen LogP contribution in [0.1, 0.15) is 6.42 Å². The highest BCUT2D eigenvalue weighted by Crippen LogP contribution is 2.38. The van der Waals surface area contributed by atoms with Gasteiger partial charge in [0.1, 0.15) is 11.9 Å². The van der Waals surface area contributed by atoms with Gasteiger partial charge in [-0.1, -0.05) is 0 Å². The molecule has 2 rings (SSSR count). The van der Waals surface area contributed by atoms with Gasteiger partial charge in [-0.3, -0.25) is 19.9 Å². The van der Waals surface area contributed by atoms with E-state index in [0.29, 0.717) is 23.2 Å². The average Bonchev–Trinajstić information content (AvgIpc) is 2.23. The Morgan fingerprint density at radius 2 is 2.28 bits per heavy atom. The van der Waals surface area contributed by atoms with Crippen molar-refractivity contribution >= 4 is 33.3 Å². The molecule has 8 heteroatoms. The molecule has 0 saturated carbocycles. The van der Waals surface area contributed by atoms with Crippen LogP contribution in [0.2, 0.25) is 0 Å². The third-order valence-electron chi connectivity index (χ3n) is 2.79. The second kappa shape index (κ2) is 4.89. The van der Waals surface area contributed by atoms with Crippen molar-refractivity contribution in [3.8, 4) is 0 Å². The van der Waals surface area contributed by atoms with Gasteiger partial charge in [0, 0.05) is 25.2 Å². The van der Waals surface area contributed by atoms with Crippen LogP contribution in [0, 0.1) is 16.0 Å². The number of hydrogen-bond acceptors (Lipinski definition) is 5. The van der Waals surface area contributed by atoms with Gasteiger partial charge in [0.05, 0.1) is 15.8 Å². The van der Waals surface area contributed by atoms with Gasteiger partial charge in [-0.25, -0.2) is 0 Å². The van der Waals surface area contributed by atoms with Crippen molar-refractivity contribution in [1.29, 1.82) is 0 Å². The molecule has 0 bridgehead atoms. The first kappa shape index (κ1) is 12.7. The number of carboxylic acids is 1. The van der Waals surface area contributed by atoms with E-state index in [4.69, 9.17) is 5.11 Å². The van der Waals surface area contributed by atoms with Crippen molar-refractivity contribution < 1.29 is 14.8 Å². The molecule has 2 heterocycles. The molecule has 0 spiro atoms. The molecule has 1 N–H and O–H groups in total. The van der Waals surface area contributed by atoms with Gasteiger partial charge >= 0.3 is 11.7 Å². The second-order valence-corrected chi connectivity index (χ2v) is 4.97. The summed E-state index contributed by atoms with van der Waals surface area (Å²) >= 11 is 3.24. The Kier molecular flexibility index (Phi) is 3.46. The molecule has 0 amide bonds. The van der Waals surface area contributed by atoms with Crippen LogP contribution in [-0.4, -0.2) is 34.1 Å². The molecule has 1 aromatic heterocycles. The predicted octanol–water partition coefficient (Wildman–Crippen LogP) is 1.66. The summed E-state index contributed by atoms with van der Waals surface area (Å²) in [5, 5.41) is 19.6. The highest BCUT2D eigenvalue weighted by Gasteiger charge is 2.34. The van der Waals surface area contributed by atoms with Crippen molar-refractivity contribution in [1.82, 2.24) is 4.98 Å². The molecule has 7 nitrogen and oxygen atoms in total. The van der Waals surface area contributed by atoms with Crippen LogP contribution in [0.3, 0.4) is 0 Å². The molecule has 0 aromatic carbocycles. The monoisotopic (exact) mass is 315 g/mol. The molecule has 1 aliphatic heterocycles. The number of carboxylic acid groups (broad SMARTS) is 1. The number of nitrogens with zero attached hydrogens (tertiary/aromatic N) is 3. The number of nitro groups is 1. The number of hydrogen-bond donors (Lipinski definition) is 1. The molecular formula is C10H10BrN3O4. The fraction of sp³-hybridized carbons (Fsp3) is 0.400. The lowest BCUT2D eigenvalue weighted by atomic mass is 9.95. The van der Waals surface area contributed by atoms with Crippen LogP contribution in [0.15, 0.2) is 16.9 Å². The number of halogens is 1. The van der Waals surface area contributed by atoms with Gasteiger partial charge in [-0.2, -0.15) is 0 Å². The van der Waals surface area contributed by atoms with E-state index in [-0.39, 0.29) is 18.0 Å². The highest BCUT2D eigenvalue weighted by atomic mass is 79.9. The molecule has 1 saturated heterocycles. The van der Waals surface area contributed by atoms with E-state index in [9.17, 15) is 14.9 Å². The second-order valence-electron chi connectivity index (χ2n) is 4.12. The van der Waals surface area contributed by atoms with Crippen LogP contribution in [0.4, 0.5) is 11.4 Å². The standard InChI is InChI=1S/C10H10BrN3O4/c11-7-2-12-3-8(14(17)18)10(7)13-4-6(5-13)1-9(15)16/h2-3,6H,1,4-5H2,(H,15,16). The van der Waals surface area contributed by atoms with E-state index in [0.717, 1.165) is 0 Å². The van der Waals surface area contributed by atoms with E-state index >= 15 is 0 Å². The van der Waals surface area contributed by atoms with Gasteiger partial charge in [0.15, 0.2) is 0 Å². The van der Waals surface area contributed by atoms with E-state index < -0.39 is 10.9 Å². The van der Waals surface area contributed by atoms with Crippen LogP contribution in [-0.2, 0) is 4.79 Å². The fourth-order valence-electron chi connectivity index (χ4n) is 1.99. The van der Waals surface area contributed by atoms with Crippen LogP contribution < -0.4 is 4.90 Å². The summed E-state index contributed by atoms with van der Waals surface area (Å²) in [6, 6.07) is 0. The number of aliphatic carboxylic acids is 1. The third kappa shape index (κ3) is 2.42. The van der Waals surface area contributed by atoms with E-state index in [2.05, 4.69) is 20.9 Å². The molecule has 1 fully saturated rings. The number of carbonyl (C=O) groups is 1. The Hall–Kier alpha value is -1.70. The number of pyridine rings is 1. The Labute approximate surface area is 111 Å². The lowest BCUT2D eigenvalue weighted by Crippen LogP contribution is -2.48. The summed E-state index contributed by atoms with van der Waals surface area (Å²) in [5.41, 5.74) is 0.398. The van der Waals surface area contributed by atoms with Gasteiger partial charge in [-0.15, -0.1) is 0 Å². The average molecular weight is 316 g/mol. The maximum absolute atomic E-state index is 10.9. The Morgan fingerprint density at radius 1 is 1.61 bits per heavy atom. The minimum atomic E-state index is -0.844. The Morgan fingerprint density at radius 3 is 2.83 bits per heavy atom. The molecule has 0 radical (unpaired) electrons. The SMILES string of the molecule is O=C(O)CC1CN(c2c(Br)cncc2[N+](=O)[O-])C1. The fourth-order valence-corrected chi connectivity index (χ4v) is 2.57. The molecule has 0 aliphatic carbocycles. The first-order valence-corrected chi connectivity index (χ1v) is 6.03. The van der Waals surface area contributed by atoms with Gasteiger partial charge in [0.25, 0.3) is 0 Å². The zero-order chi connectivity index (χ0) is 13.3. The molecule has 18 heavy (non-hydrogen) atoms. The zero-order valence-electron chi connectivity index (χ0n) is 9.24. The molecule has 96 valence electrons. The lowest BCUT2D eigenvalue weighted by molar-refractivity contribution is -0.384. The van der Waals surface area contributed by atoms with Gasteiger partial charge < -0.3 is 10.0 Å². The van der Waals surface area contributed by atoms with Crippen molar-refractivity contribution in [3.05, 3.63) is 27.0 Å². The summed E-state index contributed by atoms with van der Waals surface area (Å²) in [4.78, 5) is 26.5. The van der Waals surface area contributed by atoms with Crippen molar-refractivity contribution in [3.63, 3.8) is 0 Å². The maximum Gasteiger partial charge on any atom is 0.311 e. The number of aromatic nitrogens is 1. The number of anilines is 1. The highest BCUT2D eigenvalue weighted by molar-refractivity contribution is 9.10. The zero-order valence-corrected chi connectivity index (χ0v) is 10.8. The topological polar surface area (TPSA) is 96.6 Å². The van der Waals surface area contributed by atoms with E-state index in [1.165, 1.54) is 12.4 Å². The van der Waals surface area contributed by atoms with Crippen LogP contribution in [0.25, 0.3) is 0 Å². The summed E-state index contributed by atoms with van der Waals surface area (Å²) in [6.07, 6.45) is 2.78. The van der Waals surface area contributed by atoms with E-state index in [1.807, 2.05) is 0 Å². The predicted molar refractivity (Wildman–Crippen MR) is 66.5 cm³/mol. The van der Waals surface area contributed by atoms with Gasteiger partial charge in [0.2, 0.25) is 0 Å². The van der Waals surface area contributed by atoms with Crippen LogP contribution in [0.5, 0.6) is 0 Å². The first-order valence-electron chi connectivity index (χ1n) is 5.23. The van der Waals surface area contributed by atoms with Crippen LogP contribution >= 0.6 is 15.9 Å². The summed E-state index contributed by atoms with van der Waals surface area (Å²) in [6.45, 7) is 1.02. The molecular weight excluding hydrogens is 306 g/mol. The first-order chi connectivity index (χ1) is 8.49. The normalized spacial score (nSPS) is 15.3. The number of rotatable bonds is 4. The molecule has 0 atom stereocenters. The summed E-state index contributed by atoms with van der Waals surface area (Å²) in [7, 11) is 0. The summed E-state index contributed by atoms with van der Waals surface area (Å²) in [5.74, 6) is -0.801. The molecule has 0 unspecified atom stereocenters. The largest absolute Gasteiger partial charge is 0.481 e. The van der Waals surface area contributed by atoms with E-state index in [1.54, 1.807) is 4.90 Å². The van der Waals surface area contributed by atoms with Crippen molar-refractivity contribution in [2.75, 3.05) is 18.0 Å². The van der Waals surface area contributed by atoms with Crippen molar-refractivity contribution in [2.24, 2.45) is 5.92 Å². The molecule has 1 aliphatic rings. The Balaban J connectivity index is 2.16. The Bertz CT molecular complexity index is 502. The van der Waals surface area contributed by atoms with Gasteiger partial charge in [-0.05, 0) is 15.9 Å². The molecule has 1 aromatic rings. The van der Waals surface area contributed by atoms with Crippen molar-refractivity contribution in [2.45, 2.75) is 6.42 Å². The quantitative estimate of drug-likeness (QED) is 0.670. The lowest BCUT2D eigenvalue weighted by Gasteiger charge is -2.40. The third-order valence-corrected chi connectivity index (χ3v) is 3.37. The minimum Gasteiger partial charge on any atom is -0.481 e. The summed E-state index contributed by atoms with van der Waals surface area (Å²) < 4.78 is 0.547. The maximum atomic E-state index is 10.9.